The molecule has 0 atom stereocenters. The molecule has 2 aromatic carbocycles. The van der Waals surface area contributed by atoms with Crippen molar-refractivity contribution in [1.82, 2.24) is 0 Å². The van der Waals surface area contributed by atoms with Crippen LogP contribution in [0.2, 0.25) is 0 Å². The van der Waals surface area contributed by atoms with Gasteiger partial charge in [0.1, 0.15) is 0 Å². The van der Waals surface area contributed by atoms with Crippen LogP contribution in [-0.4, -0.2) is 11.8 Å². The Kier molecular flexibility index (Phi) is 4.79. The minimum absolute atomic E-state index is 0.158. The summed E-state index contributed by atoms with van der Waals surface area (Å²) in [7, 11) is 0. The Balaban J connectivity index is 2.11. The number of nitrogens with one attached hydrogen (secondary N) is 3. The summed E-state index contributed by atoms with van der Waals surface area (Å²) in [6, 6.07) is 13.7. The summed E-state index contributed by atoms with van der Waals surface area (Å²) in [6.07, 6.45) is 0. The SMILES string of the molecule is CC(=O)Nc1ccc(C(=O)Nc2ccccc2NCl)cc1. The number of hydrogen-bond acceptors (Lipinski definition) is 3. The lowest BCUT2D eigenvalue weighted by Crippen LogP contribution is -2.13. The van der Waals surface area contributed by atoms with Gasteiger partial charge in [0.25, 0.3) is 5.91 Å². The summed E-state index contributed by atoms with van der Waals surface area (Å²) in [5.74, 6) is -0.418. The zero-order valence-corrected chi connectivity index (χ0v) is 12.1. The maximum absolute atomic E-state index is 12.1. The first-order valence-corrected chi connectivity index (χ1v) is 6.62. The number of carbonyl (C=O) groups is 2. The van der Waals surface area contributed by atoms with E-state index in [0.29, 0.717) is 22.6 Å². The van der Waals surface area contributed by atoms with Crippen LogP contribution in [0, 0.1) is 0 Å². The van der Waals surface area contributed by atoms with E-state index in [4.69, 9.17) is 11.8 Å². The van der Waals surface area contributed by atoms with Gasteiger partial charge in [0.05, 0.1) is 11.4 Å². The molecule has 0 aliphatic rings. The molecule has 0 bridgehead atoms. The van der Waals surface area contributed by atoms with Crippen LogP contribution in [0.25, 0.3) is 0 Å². The van der Waals surface area contributed by atoms with Crippen molar-refractivity contribution in [3.05, 3.63) is 54.1 Å². The molecule has 0 spiro atoms. The van der Waals surface area contributed by atoms with E-state index in [2.05, 4.69) is 15.5 Å². The van der Waals surface area contributed by atoms with Crippen LogP contribution in [0.15, 0.2) is 48.5 Å². The number of benzene rings is 2. The molecule has 108 valence electrons. The Morgan fingerprint density at radius 1 is 0.905 bits per heavy atom. The Morgan fingerprint density at radius 3 is 2.10 bits per heavy atom. The maximum Gasteiger partial charge on any atom is 0.255 e. The third-order valence-corrected chi connectivity index (χ3v) is 2.95. The number of para-hydroxylation sites is 2. The van der Waals surface area contributed by atoms with Gasteiger partial charge in [-0.25, -0.2) is 0 Å². The molecule has 21 heavy (non-hydrogen) atoms. The fourth-order valence-electron chi connectivity index (χ4n) is 1.78. The smallest absolute Gasteiger partial charge is 0.255 e. The first-order valence-electron chi connectivity index (χ1n) is 6.25. The summed E-state index contributed by atoms with van der Waals surface area (Å²) in [5, 5.41) is 5.41. The predicted molar refractivity (Wildman–Crippen MR) is 84.6 cm³/mol. The highest BCUT2D eigenvalue weighted by molar-refractivity contribution is 6.25. The van der Waals surface area contributed by atoms with Gasteiger partial charge in [0, 0.05) is 30.0 Å². The van der Waals surface area contributed by atoms with E-state index in [-0.39, 0.29) is 11.8 Å². The quantitative estimate of drug-likeness (QED) is 0.758. The summed E-state index contributed by atoms with van der Waals surface area (Å²) < 4.78 is 0. The van der Waals surface area contributed by atoms with Crippen LogP contribution in [0.5, 0.6) is 0 Å². The van der Waals surface area contributed by atoms with E-state index in [9.17, 15) is 9.59 Å². The molecule has 2 rings (SSSR count). The Hall–Kier alpha value is -2.53. The molecule has 0 aromatic heterocycles. The molecule has 2 amide bonds. The molecule has 5 nitrogen and oxygen atoms in total. The van der Waals surface area contributed by atoms with Crippen molar-refractivity contribution in [2.24, 2.45) is 0 Å². The third kappa shape index (κ3) is 3.97. The number of halogens is 1. The summed E-state index contributed by atoms with van der Waals surface area (Å²) in [5.41, 5.74) is 2.32. The zero-order valence-electron chi connectivity index (χ0n) is 11.3. The highest BCUT2D eigenvalue weighted by Gasteiger charge is 2.08. The van der Waals surface area contributed by atoms with Gasteiger partial charge in [0.15, 0.2) is 0 Å². The molecule has 0 fully saturated rings. The van der Waals surface area contributed by atoms with Crippen molar-refractivity contribution in [3.63, 3.8) is 0 Å². The number of anilines is 3. The molecule has 2 aromatic rings. The van der Waals surface area contributed by atoms with Crippen LogP contribution < -0.4 is 15.5 Å². The first kappa shape index (κ1) is 14.9. The molecule has 0 unspecified atom stereocenters. The Bertz CT molecular complexity index is 656. The van der Waals surface area contributed by atoms with Crippen LogP contribution in [0.1, 0.15) is 17.3 Å². The summed E-state index contributed by atoms with van der Waals surface area (Å²) >= 11 is 5.59. The van der Waals surface area contributed by atoms with Crippen LogP contribution >= 0.6 is 11.8 Å². The summed E-state index contributed by atoms with van der Waals surface area (Å²) in [4.78, 5) is 25.6. The van der Waals surface area contributed by atoms with Crippen LogP contribution in [0.3, 0.4) is 0 Å². The average molecular weight is 304 g/mol. The van der Waals surface area contributed by atoms with Gasteiger partial charge in [-0.2, -0.15) is 0 Å². The second-order valence-electron chi connectivity index (χ2n) is 4.35. The van der Waals surface area contributed by atoms with Crippen molar-refractivity contribution in [2.75, 3.05) is 15.5 Å². The molecule has 0 aliphatic carbocycles. The lowest BCUT2D eigenvalue weighted by atomic mass is 10.2. The van der Waals surface area contributed by atoms with Gasteiger partial charge in [-0.3, -0.25) is 14.4 Å². The van der Waals surface area contributed by atoms with Crippen molar-refractivity contribution in [1.29, 1.82) is 0 Å². The number of rotatable bonds is 4. The highest BCUT2D eigenvalue weighted by Crippen LogP contribution is 2.22. The molecule has 0 saturated carbocycles. The lowest BCUT2D eigenvalue weighted by molar-refractivity contribution is -0.114. The summed E-state index contributed by atoms with van der Waals surface area (Å²) in [6.45, 7) is 1.43. The minimum atomic E-state index is -0.260. The molecular formula is C15H14ClN3O2. The normalized spacial score (nSPS) is 9.81. The number of carbonyl (C=O) groups excluding carboxylic acids is 2. The maximum atomic E-state index is 12.1. The molecule has 3 N–H and O–H groups in total. The second-order valence-corrected chi connectivity index (χ2v) is 4.54. The van der Waals surface area contributed by atoms with Crippen molar-refractivity contribution >= 4 is 40.7 Å². The first-order chi connectivity index (χ1) is 10.1. The van der Waals surface area contributed by atoms with Gasteiger partial charge < -0.3 is 10.6 Å². The van der Waals surface area contributed by atoms with Crippen molar-refractivity contribution in [2.45, 2.75) is 6.92 Å². The fraction of sp³-hybridized carbons (Fsp3) is 0.0667. The van der Waals surface area contributed by atoms with E-state index in [1.165, 1.54) is 6.92 Å². The molecule has 6 heteroatoms. The van der Waals surface area contributed by atoms with Gasteiger partial charge in [-0.05, 0) is 36.4 Å². The molecule has 0 aliphatic heterocycles. The highest BCUT2D eigenvalue weighted by atomic mass is 35.5. The fourth-order valence-corrected chi connectivity index (χ4v) is 1.94. The average Bonchev–Trinajstić information content (AvgIpc) is 2.48. The number of hydrogen-bond donors (Lipinski definition) is 3. The van der Waals surface area contributed by atoms with Gasteiger partial charge >= 0.3 is 0 Å². The second kappa shape index (κ2) is 6.76. The van der Waals surface area contributed by atoms with E-state index >= 15 is 0 Å². The van der Waals surface area contributed by atoms with E-state index in [1.54, 1.807) is 42.5 Å². The molecular weight excluding hydrogens is 290 g/mol. The van der Waals surface area contributed by atoms with Gasteiger partial charge in [-0.1, -0.05) is 12.1 Å². The predicted octanol–water partition coefficient (Wildman–Crippen LogP) is 3.46. The van der Waals surface area contributed by atoms with Crippen LogP contribution in [-0.2, 0) is 4.79 Å². The van der Waals surface area contributed by atoms with E-state index in [0.717, 1.165) is 0 Å². The monoisotopic (exact) mass is 303 g/mol. The van der Waals surface area contributed by atoms with Crippen molar-refractivity contribution < 1.29 is 9.59 Å². The zero-order chi connectivity index (χ0) is 15.2. The van der Waals surface area contributed by atoms with Crippen molar-refractivity contribution in [3.8, 4) is 0 Å². The lowest BCUT2D eigenvalue weighted by Gasteiger charge is -2.10. The molecule has 0 saturated heterocycles. The van der Waals surface area contributed by atoms with Gasteiger partial charge in [0.2, 0.25) is 5.91 Å². The third-order valence-electron chi connectivity index (χ3n) is 2.74. The Labute approximate surface area is 127 Å². The largest absolute Gasteiger partial charge is 0.326 e. The van der Waals surface area contributed by atoms with E-state index < -0.39 is 0 Å². The number of amides is 2. The standard InChI is InChI=1S/C15H14ClN3O2/c1-10(20)17-12-8-6-11(7-9-12)15(21)18-13-4-2-3-5-14(13)19-16/h2-9,19H,1H3,(H,17,20)(H,18,21). The molecule has 0 radical (unpaired) electrons. The Morgan fingerprint density at radius 2 is 1.52 bits per heavy atom. The topological polar surface area (TPSA) is 70.2 Å². The van der Waals surface area contributed by atoms with Gasteiger partial charge in [-0.15, -0.1) is 0 Å². The molecule has 0 heterocycles. The van der Waals surface area contributed by atoms with E-state index in [1.807, 2.05) is 6.07 Å². The minimum Gasteiger partial charge on any atom is -0.326 e. The van der Waals surface area contributed by atoms with Crippen LogP contribution in [0.4, 0.5) is 17.1 Å².